The van der Waals surface area contributed by atoms with Gasteiger partial charge in [0.25, 0.3) is 0 Å². The Morgan fingerprint density at radius 1 is 1.45 bits per heavy atom. The number of hydrogen-bond acceptors (Lipinski definition) is 3. The monoisotopic (exact) mass is 360 g/mol. The average Bonchev–Trinajstić information content (AvgIpc) is 2.41. The molecule has 0 heterocycles. The lowest BCUT2D eigenvalue weighted by Crippen LogP contribution is -2.46. The maximum Gasteiger partial charge on any atom is 0.326 e. The summed E-state index contributed by atoms with van der Waals surface area (Å²) in [5.74, 6) is -0.334. The van der Waals surface area contributed by atoms with Crippen molar-refractivity contribution in [1.82, 2.24) is 10.6 Å². The van der Waals surface area contributed by atoms with E-state index in [-0.39, 0.29) is 0 Å². The van der Waals surface area contributed by atoms with Crippen molar-refractivity contribution < 1.29 is 14.7 Å². The van der Waals surface area contributed by atoms with E-state index in [0.717, 1.165) is 10.0 Å². The largest absolute Gasteiger partial charge is 0.480 e. The average molecular weight is 361 g/mol. The smallest absolute Gasteiger partial charge is 0.326 e. The van der Waals surface area contributed by atoms with Gasteiger partial charge in [-0.2, -0.15) is 11.8 Å². The van der Waals surface area contributed by atoms with Crippen LogP contribution in [0.4, 0.5) is 4.79 Å². The number of benzene rings is 1. The number of carbonyl (C=O) groups is 2. The summed E-state index contributed by atoms with van der Waals surface area (Å²) >= 11 is 4.89. The standard InChI is InChI=1S/C13H17BrN2O3S/c1-20-6-5-11(12(17)18)16-13(19)15-8-9-3-2-4-10(14)7-9/h2-4,7,11H,5-6,8H2,1H3,(H,17,18)(H2,15,16,19)/t11-/m0/s1. The maximum atomic E-state index is 11.7. The van der Waals surface area contributed by atoms with Crippen LogP contribution in [-0.2, 0) is 11.3 Å². The number of amides is 2. The minimum Gasteiger partial charge on any atom is -0.480 e. The minimum absolute atomic E-state index is 0.347. The molecule has 0 aliphatic carbocycles. The predicted octanol–water partition coefficient (Wildman–Crippen LogP) is 2.45. The highest BCUT2D eigenvalue weighted by Gasteiger charge is 2.18. The number of thioether (sulfide) groups is 1. The molecule has 3 N–H and O–H groups in total. The van der Waals surface area contributed by atoms with Crippen LogP contribution < -0.4 is 10.6 Å². The first-order chi connectivity index (χ1) is 9.52. The molecule has 0 spiro atoms. The van der Waals surface area contributed by atoms with Gasteiger partial charge in [-0.25, -0.2) is 9.59 Å². The summed E-state index contributed by atoms with van der Waals surface area (Å²) in [5, 5.41) is 14.1. The van der Waals surface area contributed by atoms with E-state index in [9.17, 15) is 9.59 Å². The predicted molar refractivity (Wildman–Crippen MR) is 83.9 cm³/mol. The molecule has 1 aromatic rings. The second-order valence-electron chi connectivity index (χ2n) is 4.13. The van der Waals surface area contributed by atoms with Gasteiger partial charge in [-0.15, -0.1) is 0 Å². The number of carbonyl (C=O) groups excluding carboxylic acids is 1. The molecule has 7 heteroatoms. The van der Waals surface area contributed by atoms with E-state index in [4.69, 9.17) is 5.11 Å². The molecule has 0 fully saturated rings. The Bertz CT molecular complexity index is 471. The van der Waals surface area contributed by atoms with Gasteiger partial charge in [-0.1, -0.05) is 28.1 Å². The Labute approximate surface area is 130 Å². The van der Waals surface area contributed by atoms with Crippen molar-refractivity contribution in [2.75, 3.05) is 12.0 Å². The molecule has 0 radical (unpaired) electrons. The van der Waals surface area contributed by atoms with E-state index in [1.807, 2.05) is 30.5 Å². The van der Waals surface area contributed by atoms with E-state index >= 15 is 0 Å². The molecule has 0 unspecified atom stereocenters. The Kier molecular flexibility index (Phi) is 7.46. The number of urea groups is 1. The molecule has 2 amide bonds. The van der Waals surface area contributed by atoms with Gasteiger partial charge in [0.2, 0.25) is 0 Å². The molecular formula is C13H17BrN2O3S. The van der Waals surface area contributed by atoms with E-state index in [1.165, 1.54) is 0 Å². The molecule has 0 saturated carbocycles. The lowest BCUT2D eigenvalue weighted by atomic mass is 10.2. The first kappa shape index (κ1) is 16.8. The van der Waals surface area contributed by atoms with E-state index in [0.29, 0.717) is 18.7 Å². The van der Waals surface area contributed by atoms with Crippen molar-refractivity contribution in [2.24, 2.45) is 0 Å². The zero-order valence-corrected chi connectivity index (χ0v) is 13.5. The first-order valence-electron chi connectivity index (χ1n) is 6.03. The third-order valence-corrected chi connectivity index (χ3v) is 3.69. The van der Waals surface area contributed by atoms with E-state index in [2.05, 4.69) is 26.6 Å². The number of halogens is 1. The fourth-order valence-corrected chi connectivity index (χ4v) is 2.45. The molecule has 5 nitrogen and oxygen atoms in total. The van der Waals surface area contributed by atoms with Crippen LogP contribution in [0.1, 0.15) is 12.0 Å². The lowest BCUT2D eigenvalue weighted by Gasteiger charge is -2.14. The van der Waals surface area contributed by atoms with Crippen molar-refractivity contribution in [1.29, 1.82) is 0 Å². The summed E-state index contributed by atoms with van der Waals surface area (Å²) in [5.41, 5.74) is 0.936. The van der Waals surface area contributed by atoms with Crippen LogP contribution in [-0.4, -0.2) is 35.2 Å². The Hall–Kier alpha value is -1.21. The minimum atomic E-state index is -1.02. The third kappa shape index (κ3) is 6.29. The fourth-order valence-electron chi connectivity index (χ4n) is 1.53. The summed E-state index contributed by atoms with van der Waals surface area (Å²) in [7, 11) is 0. The van der Waals surface area contributed by atoms with Crippen molar-refractivity contribution in [3.05, 3.63) is 34.3 Å². The SMILES string of the molecule is CSCC[C@H](NC(=O)NCc1cccc(Br)c1)C(=O)O. The first-order valence-corrected chi connectivity index (χ1v) is 8.22. The van der Waals surface area contributed by atoms with Gasteiger partial charge in [-0.3, -0.25) is 0 Å². The number of hydrogen-bond donors (Lipinski definition) is 3. The topological polar surface area (TPSA) is 78.4 Å². The second kappa shape index (κ2) is 8.86. The number of nitrogens with one attached hydrogen (secondary N) is 2. The molecule has 1 aromatic carbocycles. The second-order valence-corrected chi connectivity index (χ2v) is 6.03. The molecule has 20 heavy (non-hydrogen) atoms. The van der Waals surface area contributed by atoms with Gasteiger partial charge in [0.15, 0.2) is 0 Å². The highest BCUT2D eigenvalue weighted by molar-refractivity contribution is 9.10. The van der Waals surface area contributed by atoms with Crippen LogP contribution in [0.25, 0.3) is 0 Å². The van der Waals surface area contributed by atoms with Gasteiger partial charge >= 0.3 is 12.0 Å². The molecule has 0 bridgehead atoms. The van der Waals surface area contributed by atoms with Crippen LogP contribution in [0.3, 0.4) is 0 Å². The fraction of sp³-hybridized carbons (Fsp3) is 0.385. The van der Waals surface area contributed by atoms with Crippen LogP contribution in [0.15, 0.2) is 28.7 Å². The molecule has 0 aliphatic rings. The summed E-state index contributed by atoms with van der Waals surface area (Å²) < 4.78 is 0.931. The molecule has 0 saturated heterocycles. The van der Waals surface area contributed by atoms with Crippen LogP contribution in [0.2, 0.25) is 0 Å². The zero-order valence-electron chi connectivity index (χ0n) is 11.1. The zero-order chi connectivity index (χ0) is 15.0. The normalized spacial score (nSPS) is 11.7. The quantitative estimate of drug-likeness (QED) is 0.697. The third-order valence-electron chi connectivity index (χ3n) is 2.56. The van der Waals surface area contributed by atoms with Crippen LogP contribution >= 0.6 is 27.7 Å². The molecule has 1 rings (SSSR count). The van der Waals surface area contributed by atoms with Gasteiger partial charge in [0, 0.05) is 11.0 Å². The lowest BCUT2D eigenvalue weighted by molar-refractivity contribution is -0.139. The van der Waals surface area contributed by atoms with Gasteiger partial charge in [0.05, 0.1) is 0 Å². The van der Waals surface area contributed by atoms with Crippen molar-refractivity contribution in [3.63, 3.8) is 0 Å². The number of rotatable bonds is 7. The molecule has 110 valence electrons. The van der Waals surface area contributed by atoms with Crippen LogP contribution in [0.5, 0.6) is 0 Å². The summed E-state index contributed by atoms with van der Waals surface area (Å²) in [6, 6.07) is 6.21. The van der Waals surface area contributed by atoms with Gasteiger partial charge in [0.1, 0.15) is 6.04 Å². The highest BCUT2D eigenvalue weighted by atomic mass is 79.9. The highest BCUT2D eigenvalue weighted by Crippen LogP contribution is 2.11. The number of aliphatic carboxylic acids is 1. The van der Waals surface area contributed by atoms with Crippen molar-refractivity contribution >= 4 is 39.7 Å². The molecule has 0 aliphatic heterocycles. The maximum absolute atomic E-state index is 11.7. The van der Waals surface area contributed by atoms with E-state index in [1.54, 1.807) is 11.8 Å². The number of carboxylic acids is 1. The molecular weight excluding hydrogens is 344 g/mol. The molecule has 0 aromatic heterocycles. The van der Waals surface area contributed by atoms with Crippen molar-refractivity contribution in [3.8, 4) is 0 Å². The Morgan fingerprint density at radius 2 is 2.20 bits per heavy atom. The number of carboxylic acid groups (broad SMARTS) is 1. The summed E-state index contributed by atoms with van der Waals surface area (Å²) in [6.45, 7) is 0.347. The van der Waals surface area contributed by atoms with Gasteiger partial charge < -0.3 is 15.7 Å². The summed E-state index contributed by atoms with van der Waals surface area (Å²) in [6.07, 6.45) is 2.30. The van der Waals surface area contributed by atoms with E-state index < -0.39 is 18.0 Å². The van der Waals surface area contributed by atoms with Gasteiger partial charge in [-0.05, 0) is 36.1 Å². The van der Waals surface area contributed by atoms with Crippen LogP contribution in [0, 0.1) is 0 Å². The van der Waals surface area contributed by atoms with Crippen molar-refractivity contribution in [2.45, 2.75) is 19.0 Å². The Balaban J connectivity index is 2.43. The Morgan fingerprint density at radius 3 is 2.80 bits per heavy atom. The molecule has 1 atom stereocenters. The summed E-state index contributed by atoms with van der Waals surface area (Å²) in [4.78, 5) is 22.7.